The summed E-state index contributed by atoms with van der Waals surface area (Å²) in [5.41, 5.74) is 2.36. The second-order valence-electron chi connectivity index (χ2n) is 4.57. The van der Waals surface area contributed by atoms with E-state index in [1.807, 2.05) is 6.07 Å². The highest BCUT2D eigenvalue weighted by Crippen LogP contribution is 2.26. The zero-order chi connectivity index (χ0) is 14.2. The minimum Gasteiger partial charge on any atom is -0.367 e. The lowest BCUT2D eigenvalue weighted by atomic mass is 10.0. The van der Waals surface area contributed by atoms with Gasteiger partial charge in [-0.15, -0.1) is 0 Å². The maximum atomic E-state index is 6.08. The molecule has 0 heterocycles. The minimum absolute atomic E-state index is 0.0112. The number of benzene rings is 2. The first kappa shape index (κ1) is 15.2. The van der Waals surface area contributed by atoms with Crippen molar-refractivity contribution in [1.82, 2.24) is 5.32 Å². The van der Waals surface area contributed by atoms with E-state index in [1.165, 1.54) is 11.1 Å². The van der Waals surface area contributed by atoms with Crippen LogP contribution in [-0.4, -0.2) is 19.7 Å². The number of likely N-dealkylation sites (N-methyl/N-ethyl adjacent to an activating group) is 1. The van der Waals surface area contributed by atoms with Gasteiger partial charge in [0.15, 0.2) is 0 Å². The number of hydrogen-bond donors (Lipinski definition) is 1. The molecule has 2 aromatic carbocycles. The smallest absolute Gasteiger partial charge is 0.108 e. The van der Waals surface area contributed by atoms with Crippen LogP contribution in [0.3, 0.4) is 0 Å². The Morgan fingerprint density at radius 2 is 1.65 bits per heavy atom. The van der Waals surface area contributed by atoms with Gasteiger partial charge in [0.25, 0.3) is 0 Å². The SMILES string of the molecule is CCNCCOC(c1ccccc1)c1ccc(Br)cc1. The summed E-state index contributed by atoms with van der Waals surface area (Å²) in [6, 6.07) is 18.7. The lowest BCUT2D eigenvalue weighted by molar-refractivity contribution is 0.0824. The molecule has 106 valence electrons. The fourth-order valence-corrected chi connectivity index (χ4v) is 2.34. The molecular formula is C17H20BrNO. The summed E-state index contributed by atoms with van der Waals surface area (Å²) in [7, 11) is 0. The molecule has 0 bridgehead atoms. The largest absolute Gasteiger partial charge is 0.367 e. The third-order valence-corrected chi connectivity index (χ3v) is 3.62. The first-order valence-corrected chi connectivity index (χ1v) is 7.73. The highest BCUT2D eigenvalue weighted by atomic mass is 79.9. The van der Waals surface area contributed by atoms with Crippen molar-refractivity contribution in [3.05, 3.63) is 70.2 Å². The molecule has 1 unspecified atom stereocenters. The maximum absolute atomic E-state index is 6.08. The van der Waals surface area contributed by atoms with Gasteiger partial charge in [0.2, 0.25) is 0 Å². The van der Waals surface area contributed by atoms with Gasteiger partial charge in [0.05, 0.1) is 6.61 Å². The Morgan fingerprint density at radius 3 is 2.30 bits per heavy atom. The molecule has 3 heteroatoms. The second kappa shape index (κ2) is 8.20. The quantitative estimate of drug-likeness (QED) is 0.768. The van der Waals surface area contributed by atoms with E-state index in [4.69, 9.17) is 4.74 Å². The molecule has 0 aliphatic rings. The molecule has 20 heavy (non-hydrogen) atoms. The van der Waals surface area contributed by atoms with Crippen LogP contribution in [0.4, 0.5) is 0 Å². The molecule has 0 amide bonds. The van der Waals surface area contributed by atoms with Gasteiger partial charge >= 0.3 is 0 Å². The van der Waals surface area contributed by atoms with Gasteiger partial charge < -0.3 is 10.1 Å². The van der Waals surface area contributed by atoms with Crippen molar-refractivity contribution in [2.24, 2.45) is 0 Å². The summed E-state index contributed by atoms with van der Waals surface area (Å²) in [4.78, 5) is 0. The predicted octanol–water partition coefficient (Wildman–Crippen LogP) is 4.16. The van der Waals surface area contributed by atoms with Gasteiger partial charge in [0, 0.05) is 11.0 Å². The summed E-state index contributed by atoms with van der Waals surface area (Å²) < 4.78 is 7.16. The van der Waals surface area contributed by atoms with Crippen molar-refractivity contribution in [3.8, 4) is 0 Å². The summed E-state index contributed by atoms with van der Waals surface area (Å²) in [6.45, 7) is 4.64. The molecule has 0 aliphatic carbocycles. The highest BCUT2D eigenvalue weighted by molar-refractivity contribution is 9.10. The molecular weight excluding hydrogens is 314 g/mol. The van der Waals surface area contributed by atoms with E-state index in [1.54, 1.807) is 0 Å². The zero-order valence-corrected chi connectivity index (χ0v) is 13.3. The van der Waals surface area contributed by atoms with E-state index in [2.05, 4.69) is 76.7 Å². The molecule has 2 nitrogen and oxygen atoms in total. The second-order valence-corrected chi connectivity index (χ2v) is 5.48. The Morgan fingerprint density at radius 1 is 1.00 bits per heavy atom. The predicted molar refractivity (Wildman–Crippen MR) is 86.9 cm³/mol. The van der Waals surface area contributed by atoms with Crippen molar-refractivity contribution in [2.45, 2.75) is 13.0 Å². The molecule has 1 atom stereocenters. The summed E-state index contributed by atoms with van der Waals surface area (Å²) >= 11 is 3.47. The van der Waals surface area contributed by atoms with Crippen molar-refractivity contribution in [1.29, 1.82) is 0 Å². The van der Waals surface area contributed by atoms with Crippen molar-refractivity contribution < 1.29 is 4.74 Å². The fraction of sp³-hybridized carbons (Fsp3) is 0.294. The van der Waals surface area contributed by atoms with Crippen LogP contribution in [0.15, 0.2) is 59.1 Å². The van der Waals surface area contributed by atoms with Gasteiger partial charge in [-0.3, -0.25) is 0 Å². The normalized spacial score (nSPS) is 12.3. The molecule has 0 radical (unpaired) electrons. The highest BCUT2D eigenvalue weighted by Gasteiger charge is 2.14. The van der Waals surface area contributed by atoms with E-state index in [0.717, 1.165) is 17.6 Å². The van der Waals surface area contributed by atoms with Crippen LogP contribution in [0.25, 0.3) is 0 Å². The van der Waals surface area contributed by atoms with E-state index in [9.17, 15) is 0 Å². The Balaban J connectivity index is 2.13. The van der Waals surface area contributed by atoms with Crippen LogP contribution in [0.2, 0.25) is 0 Å². The van der Waals surface area contributed by atoms with Crippen molar-refractivity contribution in [2.75, 3.05) is 19.7 Å². The van der Waals surface area contributed by atoms with Crippen LogP contribution < -0.4 is 5.32 Å². The van der Waals surface area contributed by atoms with E-state index >= 15 is 0 Å². The maximum Gasteiger partial charge on any atom is 0.108 e. The van der Waals surface area contributed by atoms with Crippen molar-refractivity contribution in [3.63, 3.8) is 0 Å². The first-order chi connectivity index (χ1) is 9.81. The van der Waals surface area contributed by atoms with Gasteiger partial charge in [-0.2, -0.15) is 0 Å². The molecule has 2 aromatic rings. The fourth-order valence-electron chi connectivity index (χ4n) is 2.08. The summed E-state index contributed by atoms with van der Waals surface area (Å²) in [5, 5.41) is 3.28. The molecule has 0 aliphatic heterocycles. The molecule has 0 aromatic heterocycles. The first-order valence-electron chi connectivity index (χ1n) is 6.94. The van der Waals surface area contributed by atoms with Gasteiger partial charge in [-0.25, -0.2) is 0 Å². The molecule has 0 fully saturated rings. The molecule has 0 saturated carbocycles. The Kier molecular flexibility index (Phi) is 6.25. The van der Waals surface area contributed by atoms with E-state index in [-0.39, 0.29) is 6.10 Å². The Bertz CT molecular complexity index is 498. The molecule has 2 rings (SSSR count). The lowest BCUT2D eigenvalue weighted by Gasteiger charge is -2.19. The number of nitrogens with one attached hydrogen (secondary N) is 1. The number of ether oxygens (including phenoxy) is 1. The van der Waals surface area contributed by atoms with Crippen molar-refractivity contribution >= 4 is 15.9 Å². The van der Waals surface area contributed by atoms with Gasteiger partial charge in [-0.1, -0.05) is 65.3 Å². The van der Waals surface area contributed by atoms with Crippen LogP contribution >= 0.6 is 15.9 Å². The molecule has 0 saturated heterocycles. The number of halogens is 1. The minimum atomic E-state index is -0.0112. The van der Waals surface area contributed by atoms with Gasteiger partial charge in [-0.05, 0) is 29.8 Å². The average Bonchev–Trinajstić information content (AvgIpc) is 2.50. The Labute approximate surface area is 129 Å². The van der Waals surface area contributed by atoms with E-state index in [0.29, 0.717) is 6.61 Å². The van der Waals surface area contributed by atoms with Gasteiger partial charge in [0.1, 0.15) is 6.10 Å². The van der Waals surface area contributed by atoms with Crippen LogP contribution in [-0.2, 0) is 4.74 Å². The van der Waals surface area contributed by atoms with Crippen LogP contribution in [0, 0.1) is 0 Å². The zero-order valence-electron chi connectivity index (χ0n) is 11.7. The van der Waals surface area contributed by atoms with E-state index < -0.39 is 0 Å². The Hall–Kier alpha value is -1.16. The molecule has 0 spiro atoms. The summed E-state index contributed by atoms with van der Waals surface area (Å²) in [5.74, 6) is 0. The topological polar surface area (TPSA) is 21.3 Å². The monoisotopic (exact) mass is 333 g/mol. The third-order valence-electron chi connectivity index (χ3n) is 3.09. The number of hydrogen-bond acceptors (Lipinski definition) is 2. The van der Waals surface area contributed by atoms with Crippen LogP contribution in [0.1, 0.15) is 24.2 Å². The third kappa shape index (κ3) is 4.44. The van der Waals surface area contributed by atoms with Crippen LogP contribution in [0.5, 0.6) is 0 Å². The summed E-state index contributed by atoms with van der Waals surface area (Å²) in [6.07, 6.45) is -0.0112. The molecule has 1 N–H and O–H groups in total. The lowest BCUT2D eigenvalue weighted by Crippen LogP contribution is -2.20. The number of rotatable bonds is 7. The standard InChI is InChI=1S/C17H20BrNO/c1-2-19-12-13-20-17(14-6-4-3-5-7-14)15-8-10-16(18)11-9-15/h3-11,17,19H,2,12-13H2,1H3. The average molecular weight is 334 g/mol.